The second kappa shape index (κ2) is 17.1. The van der Waals surface area contributed by atoms with E-state index in [-0.39, 0.29) is 0 Å². The first kappa shape index (κ1) is 24.0. The number of thiol groups is 1. The Kier molecular flexibility index (Phi) is 15.2. The molecule has 0 radical (unpaired) electrons. The third-order valence-corrected chi connectivity index (χ3v) is 5.18. The smallest absolute Gasteiger partial charge is 0.340 e. The summed E-state index contributed by atoms with van der Waals surface area (Å²) in [6.07, 6.45) is 16.1. The fraction of sp³-hybridized carbons (Fsp3) is 0.696. The minimum atomic E-state index is -0.995. The molecular formula is C23H38O3S. The molecule has 1 rings (SSSR count). The van der Waals surface area contributed by atoms with E-state index in [1.807, 2.05) is 6.07 Å². The zero-order valence-corrected chi connectivity index (χ0v) is 17.7. The SMILES string of the molecule is O=C(OC(O)CCCCCCCCCCCCCCCS)c1ccccc1. The first-order valence-corrected chi connectivity index (χ1v) is 11.4. The van der Waals surface area contributed by atoms with Crippen LogP contribution in [0.2, 0.25) is 0 Å². The van der Waals surface area contributed by atoms with Gasteiger partial charge in [0.05, 0.1) is 5.56 Å². The van der Waals surface area contributed by atoms with Crippen LogP contribution in [0.4, 0.5) is 0 Å². The predicted molar refractivity (Wildman–Crippen MR) is 116 cm³/mol. The summed E-state index contributed by atoms with van der Waals surface area (Å²) < 4.78 is 5.06. The van der Waals surface area contributed by atoms with E-state index in [2.05, 4.69) is 12.6 Å². The van der Waals surface area contributed by atoms with Gasteiger partial charge in [0, 0.05) is 6.42 Å². The lowest BCUT2D eigenvalue weighted by Crippen LogP contribution is -2.17. The Labute approximate surface area is 171 Å². The molecule has 0 amide bonds. The van der Waals surface area contributed by atoms with Crippen LogP contribution < -0.4 is 0 Å². The zero-order chi connectivity index (χ0) is 19.6. The monoisotopic (exact) mass is 394 g/mol. The second-order valence-electron chi connectivity index (χ2n) is 7.33. The lowest BCUT2D eigenvalue weighted by molar-refractivity contribution is -0.0694. The van der Waals surface area contributed by atoms with Crippen LogP contribution in [0, 0.1) is 0 Å². The van der Waals surface area contributed by atoms with E-state index >= 15 is 0 Å². The maximum absolute atomic E-state index is 11.8. The molecule has 0 aliphatic heterocycles. The quantitative estimate of drug-likeness (QED) is 0.136. The molecule has 0 fully saturated rings. The van der Waals surface area contributed by atoms with Gasteiger partial charge in [0.25, 0.3) is 0 Å². The molecular weight excluding hydrogens is 356 g/mol. The maximum Gasteiger partial charge on any atom is 0.340 e. The van der Waals surface area contributed by atoms with Crippen LogP contribution in [0.25, 0.3) is 0 Å². The largest absolute Gasteiger partial charge is 0.432 e. The summed E-state index contributed by atoms with van der Waals surface area (Å²) in [5.41, 5.74) is 0.481. The number of carbonyl (C=O) groups excluding carboxylic acids is 1. The first-order valence-electron chi connectivity index (χ1n) is 10.8. The second-order valence-corrected chi connectivity index (χ2v) is 7.78. The van der Waals surface area contributed by atoms with Gasteiger partial charge in [0.2, 0.25) is 6.29 Å². The molecule has 27 heavy (non-hydrogen) atoms. The zero-order valence-electron chi connectivity index (χ0n) is 16.8. The molecule has 0 bridgehead atoms. The Bertz CT molecular complexity index is 464. The summed E-state index contributed by atoms with van der Waals surface area (Å²) in [6, 6.07) is 8.80. The van der Waals surface area contributed by atoms with Crippen molar-refractivity contribution in [2.75, 3.05) is 5.75 Å². The first-order chi connectivity index (χ1) is 13.2. The van der Waals surface area contributed by atoms with Crippen LogP contribution in [0.1, 0.15) is 100 Å². The number of esters is 1. The van der Waals surface area contributed by atoms with Crippen LogP contribution in [-0.2, 0) is 4.74 Å². The van der Waals surface area contributed by atoms with Gasteiger partial charge in [-0.15, -0.1) is 0 Å². The van der Waals surface area contributed by atoms with Gasteiger partial charge in [-0.3, -0.25) is 0 Å². The van der Waals surface area contributed by atoms with Crippen LogP contribution in [0.5, 0.6) is 0 Å². The number of unbranched alkanes of at least 4 members (excludes halogenated alkanes) is 12. The van der Waals surface area contributed by atoms with Crippen molar-refractivity contribution in [1.29, 1.82) is 0 Å². The summed E-state index contributed by atoms with van der Waals surface area (Å²) >= 11 is 4.24. The van der Waals surface area contributed by atoms with Gasteiger partial charge in [0.1, 0.15) is 0 Å². The number of aliphatic hydroxyl groups is 1. The molecule has 4 heteroatoms. The molecule has 0 heterocycles. The van der Waals surface area contributed by atoms with Crippen molar-refractivity contribution in [3.63, 3.8) is 0 Å². The average molecular weight is 395 g/mol. The van der Waals surface area contributed by atoms with E-state index in [0.717, 1.165) is 18.6 Å². The maximum atomic E-state index is 11.8. The van der Waals surface area contributed by atoms with Crippen molar-refractivity contribution >= 4 is 18.6 Å². The normalized spacial score (nSPS) is 12.1. The number of rotatable bonds is 17. The van der Waals surface area contributed by atoms with E-state index in [0.29, 0.717) is 12.0 Å². The van der Waals surface area contributed by atoms with E-state index in [4.69, 9.17) is 4.74 Å². The third kappa shape index (κ3) is 13.8. The average Bonchev–Trinajstić information content (AvgIpc) is 2.69. The lowest BCUT2D eigenvalue weighted by atomic mass is 10.0. The molecule has 0 spiro atoms. The standard InChI is InChI=1S/C23H38O3S/c24-22(26-23(25)21-17-13-12-14-18-21)19-15-10-8-6-4-2-1-3-5-7-9-11-16-20-27/h12-14,17-18,22,24,27H,1-11,15-16,19-20H2. The van der Waals surface area contributed by atoms with Gasteiger partial charge in [-0.25, -0.2) is 4.79 Å². The molecule has 154 valence electrons. The number of hydrogen-bond donors (Lipinski definition) is 2. The van der Waals surface area contributed by atoms with Crippen molar-refractivity contribution < 1.29 is 14.6 Å². The molecule has 1 N–H and O–H groups in total. The topological polar surface area (TPSA) is 46.5 Å². The fourth-order valence-corrected chi connectivity index (χ4v) is 3.42. The van der Waals surface area contributed by atoms with Gasteiger partial charge in [-0.1, -0.05) is 88.8 Å². The van der Waals surface area contributed by atoms with Crippen LogP contribution in [-0.4, -0.2) is 23.1 Å². The fourth-order valence-electron chi connectivity index (χ4n) is 3.20. The number of carbonyl (C=O) groups is 1. The highest BCUT2D eigenvalue weighted by Crippen LogP contribution is 2.14. The molecule has 0 aliphatic rings. The van der Waals surface area contributed by atoms with Crippen molar-refractivity contribution in [3.05, 3.63) is 35.9 Å². The predicted octanol–water partition coefficient (Wildman–Crippen LogP) is 6.55. The van der Waals surface area contributed by atoms with E-state index < -0.39 is 12.3 Å². The minimum Gasteiger partial charge on any atom is -0.432 e. The van der Waals surface area contributed by atoms with Crippen molar-refractivity contribution in [2.45, 2.75) is 96.2 Å². The highest BCUT2D eigenvalue weighted by Gasteiger charge is 2.12. The molecule has 1 aromatic carbocycles. The molecule has 0 aliphatic carbocycles. The molecule has 3 nitrogen and oxygen atoms in total. The molecule has 0 saturated carbocycles. The summed E-state index contributed by atoms with van der Waals surface area (Å²) in [4.78, 5) is 11.8. The van der Waals surface area contributed by atoms with Gasteiger partial charge in [-0.2, -0.15) is 12.6 Å². The third-order valence-electron chi connectivity index (χ3n) is 4.86. The van der Waals surface area contributed by atoms with Gasteiger partial charge < -0.3 is 9.84 Å². The van der Waals surface area contributed by atoms with E-state index in [1.54, 1.807) is 24.3 Å². The van der Waals surface area contributed by atoms with Gasteiger partial charge in [0.15, 0.2) is 0 Å². The molecule has 1 aromatic rings. The van der Waals surface area contributed by atoms with Crippen LogP contribution in [0.3, 0.4) is 0 Å². The minimum absolute atomic E-state index is 0.454. The van der Waals surface area contributed by atoms with Crippen molar-refractivity contribution in [3.8, 4) is 0 Å². The highest BCUT2D eigenvalue weighted by molar-refractivity contribution is 7.80. The molecule has 0 saturated heterocycles. The number of aliphatic hydroxyl groups excluding tert-OH is 1. The number of benzene rings is 1. The Balaban J connectivity index is 1.85. The Morgan fingerprint density at radius 3 is 1.70 bits per heavy atom. The highest BCUT2D eigenvalue weighted by atomic mass is 32.1. The summed E-state index contributed by atoms with van der Waals surface area (Å²) in [5.74, 6) is 0.572. The van der Waals surface area contributed by atoms with Crippen LogP contribution >= 0.6 is 12.6 Å². The Morgan fingerprint density at radius 1 is 0.778 bits per heavy atom. The molecule has 1 atom stereocenters. The summed E-state index contributed by atoms with van der Waals surface area (Å²) in [7, 11) is 0. The number of ether oxygens (including phenoxy) is 1. The van der Waals surface area contributed by atoms with E-state index in [1.165, 1.54) is 70.6 Å². The summed E-state index contributed by atoms with van der Waals surface area (Å²) in [6.45, 7) is 0. The molecule has 1 unspecified atom stereocenters. The molecule has 0 aromatic heterocycles. The Hall–Kier alpha value is -1.00. The van der Waals surface area contributed by atoms with E-state index in [9.17, 15) is 9.90 Å². The lowest BCUT2D eigenvalue weighted by Gasteiger charge is -2.12. The van der Waals surface area contributed by atoms with Gasteiger partial charge in [-0.05, 0) is 30.7 Å². The van der Waals surface area contributed by atoms with Crippen molar-refractivity contribution in [2.24, 2.45) is 0 Å². The number of hydrogen-bond acceptors (Lipinski definition) is 4. The van der Waals surface area contributed by atoms with Crippen LogP contribution in [0.15, 0.2) is 30.3 Å². The van der Waals surface area contributed by atoms with Crippen molar-refractivity contribution in [1.82, 2.24) is 0 Å². The summed E-state index contributed by atoms with van der Waals surface area (Å²) in [5, 5.41) is 9.83. The Morgan fingerprint density at radius 2 is 1.22 bits per heavy atom. The van der Waals surface area contributed by atoms with Gasteiger partial charge >= 0.3 is 5.97 Å².